The molecule has 5 heteroatoms. The van der Waals surface area contributed by atoms with Crippen LogP contribution in [0.1, 0.15) is 11.7 Å². The van der Waals surface area contributed by atoms with E-state index in [-0.39, 0.29) is 24.6 Å². The van der Waals surface area contributed by atoms with Crippen LogP contribution in [0.25, 0.3) is 0 Å². The molecule has 4 nitrogen and oxygen atoms in total. The average molecular weight is 350 g/mol. The van der Waals surface area contributed by atoms with E-state index < -0.39 is 0 Å². The van der Waals surface area contributed by atoms with E-state index in [9.17, 15) is 0 Å². The molecule has 130 valence electrons. The highest BCUT2D eigenvalue weighted by Crippen LogP contribution is 2.22. The van der Waals surface area contributed by atoms with Crippen LogP contribution in [0.3, 0.4) is 0 Å². The third kappa shape index (κ3) is 5.80. The van der Waals surface area contributed by atoms with Gasteiger partial charge in [0.05, 0.1) is 19.3 Å². The number of hydrogen-bond donors (Lipinski definition) is 1. The van der Waals surface area contributed by atoms with Crippen LogP contribution in [0.4, 0.5) is 0 Å². The molecule has 0 aromatic heterocycles. The molecule has 1 heterocycles. The molecule has 0 radical (unpaired) electrons. The van der Waals surface area contributed by atoms with Crippen LogP contribution in [-0.2, 0) is 9.47 Å². The minimum absolute atomic E-state index is 0. The largest absolute Gasteiger partial charge is 0.492 e. The molecule has 0 spiro atoms. The summed E-state index contributed by atoms with van der Waals surface area (Å²) in [5, 5.41) is 3.35. The summed E-state index contributed by atoms with van der Waals surface area (Å²) in [4.78, 5) is 0. The SMILES string of the molecule is Cl.c1ccc(OCCNC[C@@H]2CO[C@@H](c3ccccc3)CO2)cc1. The molecule has 0 saturated carbocycles. The maximum absolute atomic E-state index is 5.91. The van der Waals surface area contributed by atoms with E-state index in [1.54, 1.807) is 0 Å². The van der Waals surface area contributed by atoms with Gasteiger partial charge < -0.3 is 19.5 Å². The molecule has 1 fully saturated rings. The summed E-state index contributed by atoms with van der Waals surface area (Å²) in [7, 11) is 0. The summed E-state index contributed by atoms with van der Waals surface area (Å²) in [5.41, 5.74) is 1.18. The van der Waals surface area contributed by atoms with Crippen molar-refractivity contribution in [3.63, 3.8) is 0 Å². The first kappa shape index (κ1) is 18.7. The lowest BCUT2D eigenvalue weighted by Gasteiger charge is -2.30. The minimum atomic E-state index is 0. The first-order chi connectivity index (χ1) is 11.4. The summed E-state index contributed by atoms with van der Waals surface area (Å²) < 4.78 is 17.4. The Morgan fingerprint density at radius 3 is 2.29 bits per heavy atom. The number of para-hydroxylation sites is 1. The van der Waals surface area contributed by atoms with E-state index in [4.69, 9.17) is 14.2 Å². The highest BCUT2D eigenvalue weighted by molar-refractivity contribution is 5.85. The second-order valence-corrected chi connectivity index (χ2v) is 5.55. The molecule has 1 aliphatic heterocycles. The predicted molar refractivity (Wildman–Crippen MR) is 96.9 cm³/mol. The maximum Gasteiger partial charge on any atom is 0.119 e. The van der Waals surface area contributed by atoms with Crippen molar-refractivity contribution in [2.24, 2.45) is 0 Å². The van der Waals surface area contributed by atoms with Crippen molar-refractivity contribution >= 4 is 12.4 Å². The Bertz CT molecular complexity index is 559. The molecule has 2 aromatic carbocycles. The first-order valence-electron chi connectivity index (χ1n) is 8.08. The highest BCUT2D eigenvalue weighted by atomic mass is 35.5. The highest BCUT2D eigenvalue weighted by Gasteiger charge is 2.22. The Morgan fingerprint density at radius 1 is 0.917 bits per heavy atom. The van der Waals surface area contributed by atoms with Gasteiger partial charge in [0, 0.05) is 13.1 Å². The van der Waals surface area contributed by atoms with Gasteiger partial charge in [0.25, 0.3) is 0 Å². The molecular weight excluding hydrogens is 326 g/mol. The van der Waals surface area contributed by atoms with Gasteiger partial charge in [-0.1, -0.05) is 48.5 Å². The minimum Gasteiger partial charge on any atom is -0.492 e. The van der Waals surface area contributed by atoms with E-state index in [2.05, 4.69) is 17.4 Å². The topological polar surface area (TPSA) is 39.7 Å². The lowest BCUT2D eigenvalue weighted by atomic mass is 10.1. The van der Waals surface area contributed by atoms with Gasteiger partial charge in [0.1, 0.15) is 18.5 Å². The van der Waals surface area contributed by atoms with Crippen molar-refractivity contribution in [1.82, 2.24) is 5.32 Å². The lowest BCUT2D eigenvalue weighted by Crippen LogP contribution is -2.39. The predicted octanol–water partition coefficient (Wildman–Crippen LogP) is 3.23. The van der Waals surface area contributed by atoms with Crippen LogP contribution < -0.4 is 10.1 Å². The Hall–Kier alpha value is -1.59. The van der Waals surface area contributed by atoms with Gasteiger partial charge >= 0.3 is 0 Å². The summed E-state index contributed by atoms with van der Waals surface area (Å²) in [6.07, 6.45) is 0.153. The van der Waals surface area contributed by atoms with Crippen molar-refractivity contribution in [1.29, 1.82) is 0 Å². The van der Waals surface area contributed by atoms with E-state index >= 15 is 0 Å². The molecule has 0 amide bonds. The quantitative estimate of drug-likeness (QED) is 0.779. The fraction of sp³-hybridized carbons (Fsp3) is 0.368. The maximum atomic E-state index is 5.91. The van der Waals surface area contributed by atoms with Crippen molar-refractivity contribution < 1.29 is 14.2 Å². The van der Waals surface area contributed by atoms with Crippen LogP contribution in [0.5, 0.6) is 5.75 Å². The zero-order chi connectivity index (χ0) is 15.7. The molecule has 0 unspecified atom stereocenters. The normalized spacial score (nSPS) is 20.2. The number of nitrogens with one attached hydrogen (secondary N) is 1. The molecule has 2 aromatic rings. The standard InChI is InChI=1S/C19H23NO3.ClH/c1-3-7-16(8-4-1)19-15-22-18(14-23-19)13-20-11-12-21-17-9-5-2-6-10-17;/h1-10,18-20H,11-15H2;1H/t18-,19-;/m1./s1. The molecule has 1 saturated heterocycles. The molecular formula is C19H24ClNO3. The summed E-state index contributed by atoms with van der Waals surface area (Å²) in [6.45, 7) is 3.43. The van der Waals surface area contributed by atoms with Crippen LogP contribution >= 0.6 is 12.4 Å². The van der Waals surface area contributed by atoms with Gasteiger partial charge in [0.15, 0.2) is 0 Å². The van der Waals surface area contributed by atoms with Gasteiger partial charge in [-0.15, -0.1) is 12.4 Å². The number of halogens is 1. The molecule has 3 rings (SSSR count). The fourth-order valence-electron chi connectivity index (χ4n) is 2.54. The van der Waals surface area contributed by atoms with Crippen molar-refractivity contribution in [2.75, 3.05) is 32.9 Å². The van der Waals surface area contributed by atoms with Gasteiger partial charge in [-0.3, -0.25) is 0 Å². The molecule has 0 bridgehead atoms. The van der Waals surface area contributed by atoms with Crippen molar-refractivity contribution in [2.45, 2.75) is 12.2 Å². The molecule has 1 aliphatic rings. The number of hydrogen-bond acceptors (Lipinski definition) is 4. The van der Waals surface area contributed by atoms with E-state index in [0.717, 1.165) is 18.8 Å². The lowest BCUT2D eigenvalue weighted by molar-refractivity contribution is -0.133. The molecule has 0 aliphatic carbocycles. The van der Waals surface area contributed by atoms with Gasteiger partial charge in [0.2, 0.25) is 0 Å². The third-order valence-electron chi connectivity index (χ3n) is 3.80. The van der Waals surface area contributed by atoms with Crippen LogP contribution in [-0.4, -0.2) is 39.0 Å². The smallest absolute Gasteiger partial charge is 0.119 e. The summed E-state index contributed by atoms with van der Waals surface area (Å²) in [5.74, 6) is 0.900. The second-order valence-electron chi connectivity index (χ2n) is 5.55. The van der Waals surface area contributed by atoms with Gasteiger partial charge in [-0.2, -0.15) is 0 Å². The Balaban J connectivity index is 0.00000208. The van der Waals surface area contributed by atoms with Crippen LogP contribution in [0.2, 0.25) is 0 Å². The van der Waals surface area contributed by atoms with Crippen molar-refractivity contribution in [3.05, 3.63) is 66.2 Å². The zero-order valence-electron chi connectivity index (χ0n) is 13.6. The van der Waals surface area contributed by atoms with Crippen LogP contribution in [0, 0.1) is 0 Å². The number of benzene rings is 2. The van der Waals surface area contributed by atoms with E-state index in [1.807, 2.05) is 48.5 Å². The Labute approximate surface area is 149 Å². The Morgan fingerprint density at radius 2 is 1.62 bits per heavy atom. The van der Waals surface area contributed by atoms with Gasteiger partial charge in [-0.05, 0) is 17.7 Å². The fourth-order valence-corrected chi connectivity index (χ4v) is 2.54. The first-order valence-corrected chi connectivity index (χ1v) is 8.08. The van der Waals surface area contributed by atoms with E-state index in [0.29, 0.717) is 19.8 Å². The molecule has 1 N–H and O–H groups in total. The van der Waals surface area contributed by atoms with Crippen LogP contribution in [0.15, 0.2) is 60.7 Å². The van der Waals surface area contributed by atoms with E-state index in [1.165, 1.54) is 5.56 Å². The summed E-state index contributed by atoms with van der Waals surface area (Å²) >= 11 is 0. The number of ether oxygens (including phenoxy) is 3. The zero-order valence-corrected chi connectivity index (χ0v) is 14.4. The Kier molecular flexibility index (Phi) is 8.05. The monoisotopic (exact) mass is 349 g/mol. The van der Waals surface area contributed by atoms with Crippen molar-refractivity contribution in [3.8, 4) is 5.75 Å². The third-order valence-corrected chi connectivity index (χ3v) is 3.80. The average Bonchev–Trinajstić information content (AvgIpc) is 2.64. The van der Waals surface area contributed by atoms with Gasteiger partial charge in [-0.25, -0.2) is 0 Å². The second kappa shape index (κ2) is 10.3. The molecule has 2 atom stereocenters. The molecule has 24 heavy (non-hydrogen) atoms. The number of rotatable bonds is 7. The summed E-state index contributed by atoms with van der Waals surface area (Å²) in [6, 6.07) is 20.1.